The van der Waals surface area contributed by atoms with Crippen LogP contribution in [0.2, 0.25) is 0 Å². The molecular weight excluding hydrogens is 741 g/mol. The molecule has 0 saturated heterocycles. The predicted molar refractivity (Wildman–Crippen MR) is 232 cm³/mol. The summed E-state index contributed by atoms with van der Waals surface area (Å²) in [6.45, 7) is 6.95. The molecule has 4 N–H and O–H groups in total. The first-order valence-electron chi connectivity index (χ1n) is 19.4. The minimum Gasteiger partial charge on any atom is -0.507 e. The van der Waals surface area contributed by atoms with Crippen LogP contribution in [0.3, 0.4) is 0 Å². The van der Waals surface area contributed by atoms with Crippen LogP contribution in [-0.4, -0.2) is 45.2 Å². The van der Waals surface area contributed by atoms with Crippen molar-refractivity contribution in [3.8, 4) is 23.0 Å². The first-order chi connectivity index (χ1) is 28.4. The zero-order valence-corrected chi connectivity index (χ0v) is 33.7. The third-order valence-electron chi connectivity index (χ3n) is 10.1. The minimum absolute atomic E-state index is 0.0803. The van der Waals surface area contributed by atoms with Crippen LogP contribution >= 0.6 is 0 Å². The van der Waals surface area contributed by atoms with Crippen LogP contribution in [-0.2, 0) is 28.9 Å². The van der Waals surface area contributed by atoms with Crippen LogP contribution < -0.4 is 9.47 Å². The number of aryl methyl sites for hydroxylation is 4. The molecule has 0 saturated carbocycles. The highest BCUT2D eigenvalue weighted by atomic mass is 16.5. The second-order valence-electron chi connectivity index (χ2n) is 14.8. The van der Waals surface area contributed by atoms with Gasteiger partial charge in [-0.1, -0.05) is 132 Å². The van der Waals surface area contributed by atoms with E-state index in [0.29, 0.717) is 57.7 Å². The molecule has 0 amide bonds. The number of hydrogen-bond acceptors (Lipinski definition) is 8. The molecule has 0 radical (unpaired) electrons. The number of benzene rings is 6. The van der Waals surface area contributed by atoms with E-state index in [1.165, 1.54) is 0 Å². The molecule has 6 aromatic carbocycles. The topological polar surface area (TPSA) is 134 Å². The fourth-order valence-corrected chi connectivity index (χ4v) is 6.86. The fourth-order valence-electron chi connectivity index (χ4n) is 6.86. The molecule has 0 fully saturated rings. The summed E-state index contributed by atoms with van der Waals surface area (Å²) >= 11 is 0. The van der Waals surface area contributed by atoms with E-state index < -0.39 is 11.6 Å². The average molecular weight is 789 g/mol. The maximum absolute atomic E-state index is 13.1. The lowest BCUT2D eigenvalue weighted by atomic mass is 9.94. The lowest BCUT2D eigenvalue weighted by Crippen LogP contribution is -2.12. The van der Waals surface area contributed by atoms with Gasteiger partial charge in [-0.25, -0.2) is 0 Å². The van der Waals surface area contributed by atoms with Crippen LogP contribution in [0.1, 0.15) is 66.8 Å². The average Bonchev–Trinajstić information content (AvgIpc) is 3.21. The highest BCUT2D eigenvalue weighted by Gasteiger charge is 2.19. The fraction of sp³-hybridized carbons (Fsp3) is 0.176. The largest absolute Gasteiger partial charge is 0.507 e. The molecule has 0 atom stereocenters. The zero-order valence-electron chi connectivity index (χ0n) is 33.7. The summed E-state index contributed by atoms with van der Waals surface area (Å²) in [6.07, 6.45) is 3.19. The third kappa shape index (κ3) is 10.7. The van der Waals surface area contributed by atoms with Crippen molar-refractivity contribution in [2.24, 2.45) is 0 Å². The van der Waals surface area contributed by atoms with Gasteiger partial charge in [-0.2, -0.15) is 0 Å². The number of ether oxygens (including phenoxy) is 2. The molecule has 6 aromatic rings. The minimum atomic E-state index is -0.441. The highest BCUT2D eigenvalue weighted by Crippen LogP contribution is 2.36. The van der Waals surface area contributed by atoms with Crippen molar-refractivity contribution < 1.29 is 39.5 Å². The number of para-hydroxylation sites is 4. The normalized spacial score (nSPS) is 11.7. The van der Waals surface area contributed by atoms with Crippen molar-refractivity contribution in [1.82, 2.24) is 0 Å². The number of phenolic OH excluding ortho intramolecular Hbond substituents is 2. The van der Waals surface area contributed by atoms with Crippen molar-refractivity contribution in [2.75, 3.05) is 13.2 Å². The summed E-state index contributed by atoms with van der Waals surface area (Å²) in [5.74, 6) is 0.0682. The van der Waals surface area contributed by atoms with Crippen LogP contribution in [0.4, 0.5) is 0 Å². The molecule has 6 rings (SSSR count). The molecule has 0 unspecified atom stereocenters. The first-order valence-corrected chi connectivity index (χ1v) is 19.4. The number of ketones is 2. The standard InChI is InChI=1S/C51H48O8/c1-32-17-21-36(22-18-32)46(54)28-44(52)30-58-50-35(4)10-6-14-41(50)26-39-12-7-13-40(49(39)57)27-43-16-8-15-42(25-38-11-5-9-34(3)48(38)56)51(43)59-31-45(53)29-47(55)37-23-19-33(2)20-24-37/h5-24,28-29,54-57H,25-27,30-31H2,1-4H3/b46-28-,47-29-. The number of aliphatic hydroxyl groups excluding tert-OH is 2. The lowest BCUT2D eigenvalue weighted by molar-refractivity contribution is -0.117. The van der Waals surface area contributed by atoms with Gasteiger partial charge < -0.3 is 29.9 Å². The Morgan fingerprint density at radius 2 is 0.814 bits per heavy atom. The molecule has 8 heteroatoms. The van der Waals surface area contributed by atoms with Crippen molar-refractivity contribution in [2.45, 2.75) is 47.0 Å². The number of aliphatic hydroxyl groups is 2. The first kappa shape index (κ1) is 41.6. The Bertz CT molecular complexity index is 2530. The molecular formula is C51H48O8. The molecule has 0 heterocycles. The summed E-state index contributed by atoms with van der Waals surface area (Å²) in [7, 11) is 0. The maximum Gasteiger partial charge on any atom is 0.196 e. The van der Waals surface area contributed by atoms with Gasteiger partial charge in [-0.05, 0) is 72.2 Å². The van der Waals surface area contributed by atoms with Crippen molar-refractivity contribution in [1.29, 1.82) is 0 Å². The molecule has 0 spiro atoms. The summed E-state index contributed by atoms with van der Waals surface area (Å²) in [5.41, 5.74) is 8.81. The highest BCUT2D eigenvalue weighted by molar-refractivity contribution is 5.97. The van der Waals surface area contributed by atoms with E-state index in [9.17, 15) is 30.0 Å². The SMILES string of the molecule is Cc1ccc(/C(O)=C/C(=O)COc2c(C)cccc2Cc2cccc(Cc3cccc(Cc4cccc(C)c4O)c3OCC(=O)/C=C(\O)c3ccc(C)cc3)c2O)cc1. The van der Waals surface area contributed by atoms with E-state index in [1.54, 1.807) is 24.3 Å². The zero-order chi connectivity index (χ0) is 42.1. The van der Waals surface area contributed by atoms with Crippen molar-refractivity contribution in [3.63, 3.8) is 0 Å². The number of carbonyl (C=O) groups excluding carboxylic acids is 2. The van der Waals surface area contributed by atoms with Gasteiger partial charge >= 0.3 is 0 Å². The summed E-state index contributed by atoms with van der Waals surface area (Å²) in [5, 5.41) is 43.8. The summed E-state index contributed by atoms with van der Waals surface area (Å²) in [6, 6.07) is 36.7. The summed E-state index contributed by atoms with van der Waals surface area (Å²) in [4.78, 5) is 26.0. The molecule has 0 aliphatic carbocycles. The van der Waals surface area contributed by atoms with Gasteiger partial charge in [-0.15, -0.1) is 0 Å². The van der Waals surface area contributed by atoms with E-state index in [0.717, 1.165) is 45.5 Å². The van der Waals surface area contributed by atoms with Gasteiger partial charge in [0.05, 0.1) is 0 Å². The third-order valence-corrected chi connectivity index (χ3v) is 10.1. The second kappa shape index (κ2) is 18.9. The molecule has 8 nitrogen and oxygen atoms in total. The Kier molecular flexibility index (Phi) is 13.3. The van der Waals surface area contributed by atoms with Gasteiger partial charge in [0.1, 0.15) is 34.5 Å². The quantitative estimate of drug-likeness (QED) is 0.0563. The number of carbonyl (C=O) groups is 2. The number of aromatic hydroxyl groups is 2. The number of hydrogen-bond donors (Lipinski definition) is 4. The van der Waals surface area contributed by atoms with Crippen LogP contribution in [0.15, 0.2) is 133 Å². The monoisotopic (exact) mass is 788 g/mol. The number of phenols is 2. The van der Waals surface area contributed by atoms with Gasteiger partial charge in [0.25, 0.3) is 0 Å². The Morgan fingerprint density at radius 3 is 1.27 bits per heavy atom. The molecule has 59 heavy (non-hydrogen) atoms. The Labute approximate surface area is 345 Å². The van der Waals surface area contributed by atoms with Crippen LogP contribution in [0.25, 0.3) is 11.5 Å². The van der Waals surface area contributed by atoms with Gasteiger partial charge in [0.15, 0.2) is 24.8 Å². The molecule has 0 aliphatic rings. The maximum atomic E-state index is 13.1. The van der Waals surface area contributed by atoms with Gasteiger partial charge in [-0.3, -0.25) is 9.59 Å². The van der Waals surface area contributed by atoms with Crippen molar-refractivity contribution >= 4 is 23.1 Å². The van der Waals surface area contributed by atoms with E-state index in [4.69, 9.17) is 9.47 Å². The van der Waals surface area contributed by atoms with E-state index in [-0.39, 0.29) is 42.7 Å². The second-order valence-corrected chi connectivity index (χ2v) is 14.8. The predicted octanol–water partition coefficient (Wildman–Crippen LogP) is 10.2. The van der Waals surface area contributed by atoms with Gasteiger partial charge in [0, 0.05) is 42.5 Å². The van der Waals surface area contributed by atoms with Crippen LogP contribution in [0, 0.1) is 27.7 Å². The Hall–Kier alpha value is -7.06. The molecule has 0 aliphatic heterocycles. The molecule has 0 aromatic heterocycles. The smallest absolute Gasteiger partial charge is 0.196 e. The Morgan fingerprint density at radius 1 is 0.458 bits per heavy atom. The lowest BCUT2D eigenvalue weighted by Gasteiger charge is -2.18. The number of rotatable bonds is 16. The van der Waals surface area contributed by atoms with Gasteiger partial charge in [0.2, 0.25) is 0 Å². The van der Waals surface area contributed by atoms with E-state index in [1.807, 2.05) is 125 Å². The Balaban J connectivity index is 1.24. The molecule has 300 valence electrons. The molecule has 0 bridgehead atoms. The van der Waals surface area contributed by atoms with E-state index >= 15 is 0 Å². The van der Waals surface area contributed by atoms with Crippen LogP contribution in [0.5, 0.6) is 23.0 Å². The van der Waals surface area contributed by atoms with Crippen molar-refractivity contribution in [3.05, 3.63) is 200 Å². The van der Waals surface area contributed by atoms with E-state index in [2.05, 4.69) is 0 Å². The summed E-state index contributed by atoms with van der Waals surface area (Å²) < 4.78 is 12.3.